The maximum atomic E-state index is 3.43. The number of rotatable bonds is 4. The molecule has 0 unspecified atom stereocenters. The summed E-state index contributed by atoms with van der Waals surface area (Å²) in [6.45, 7) is 1.86. The molecule has 1 nitrogen and oxygen atoms in total. The summed E-state index contributed by atoms with van der Waals surface area (Å²) in [6.07, 6.45) is 0. The van der Waals surface area contributed by atoms with Gasteiger partial charge in [-0.25, -0.2) is 0 Å². The molecule has 1 aromatic heterocycles. The Morgan fingerprint density at radius 1 is 1.00 bits per heavy atom. The second-order valence-corrected chi connectivity index (χ2v) is 5.06. The molecule has 0 amide bonds. The van der Waals surface area contributed by atoms with E-state index in [0.29, 0.717) is 0 Å². The summed E-state index contributed by atoms with van der Waals surface area (Å²) in [5.41, 5.74) is 2.67. The van der Waals surface area contributed by atoms with Crippen LogP contribution in [0, 0.1) is 0 Å². The lowest BCUT2D eigenvalue weighted by Gasteiger charge is -2.03. The molecule has 1 N–H and O–H groups in total. The topological polar surface area (TPSA) is 12.0 Å². The van der Waals surface area contributed by atoms with Gasteiger partial charge < -0.3 is 5.32 Å². The molecule has 2 aromatic rings. The highest BCUT2D eigenvalue weighted by Gasteiger charge is 1.94. The lowest BCUT2D eigenvalue weighted by molar-refractivity contribution is 0.695. The molecule has 0 radical (unpaired) electrons. The van der Waals surface area contributed by atoms with Crippen LogP contribution in [0.2, 0.25) is 0 Å². The minimum atomic E-state index is 0.920. The maximum Gasteiger partial charge on any atom is 0.0216 e. The smallest absolute Gasteiger partial charge is 0.0216 e. The summed E-state index contributed by atoms with van der Waals surface area (Å²) in [6, 6.07) is 10.6. The summed E-state index contributed by atoms with van der Waals surface area (Å²) >= 11 is 5.17. The first kappa shape index (κ1) is 10.9. The molecule has 0 spiro atoms. The Bertz CT molecular complexity index is 394. The van der Waals surface area contributed by atoms with Gasteiger partial charge in [0.2, 0.25) is 0 Å². The van der Waals surface area contributed by atoms with Gasteiger partial charge in [-0.05, 0) is 40.1 Å². The number of hydrogen-bond donors (Lipinski definition) is 1. The van der Waals surface area contributed by atoms with Crippen LogP contribution in [0.5, 0.6) is 0 Å². The molecule has 2 rings (SSSR count). The van der Waals surface area contributed by atoms with E-state index >= 15 is 0 Å². The lowest BCUT2D eigenvalue weighted by atomic mass is 10.2. The third kappa shape index (κ3) is 3.45. The monoisotopic (exact) mass is 281 g/mol. The van der Waals surface area contributed by atoms with Crippen molar-refractivity contribution in [3.8, 4) is 0 Å². The summed E-state index contributed by atoms with van der Waals surface area (Å²) in [5, 5.41) is 7.70. The second kappa shape index (κ2) is 5.45. The molecule has 78 valence electrons. The Labute approximate surface area is 102 Å². The van der Waals surface area contributed by atoms with Crippen molar-refractivity contribution in [1.82, 2.24) is 5.32 Å². The first-order valence-electron chi connectivity index (χ1n) is 4.81. The van der Waals surface area contributed by atoms with E-state index in [2.05, 4.69) is 62.3 Å². The van der Waals surface area contributed by atoms with Crippen LogP contribution >= 0.6 is 27.3 Å². The van der Waals surface area contributed by atoms with Gasteiger partial charge in [0.05, 0.1) is 0 Å². The SMILES string of the molecule is Brc1ccc(CNCc2ccsc2)cc1. The third-order valence-corrected chi connectivity index (χ3v) is 3.41. The Hall–Kier alpha value is -0.640. The van der Waals surface area contributed by atoms with Crippen molar-refractivity contribution in [3.05, 3.63) is 56.7 Å². The van der Waals surface area contributed by atoms with Crippen LogP contribution in [-0.4, -0.2) is 0 Å². The molecule has 0 aliphatic heterocycles. The molecular formula is C12H12BrNS. The average Bonchev–Trinajstić information content (AvgIpc) is 2.74. The van der Waals surface area contributed by atoms with Gasteiger partial charge in [-0.3, -0.25) is 0 Å². The fourth-order valence-electron chi connectivity index (χ4n) is 1.35. The Balaban J connectivity index is 1.81. The molecule has 3 heteroatoms. The van der Waals surface area contributed by atoms with E-state index in [9.17, 15) is 0 Å². The van der Waals surface area contributed by atoms with E-state index < -0.39 is 0 Å². The zero-order valence-electron chi connectivity index (χ0n) is 8.24. The predicted octanol–water partition coefficient (Wildman–Crippen LogP) is 3.80. The van der Waals surface area contributed by atoms with E-state index in [1.165, 1.54) is 11.1 Å². The van der Waals surface area contributed by atoms with Gasteiger partial charge in [-0.2, -0.15) is 11.3 Å². The fraction of sp³-hybridized carbons (Fsp3) is 0.167. The van der Waals surface area contributed by atoms with Gasteiger partial charge >= 0.3 is 0 Å². The Morgan fingerprint density at radius 2 is 1.73 bits per heavy atom. The molecule has 0 atom stereocenters. The zero-order chi connectivity index (χ0) is 10.5. The van der Waals surface area contributed by atoms with Gasteiger partial charge in [-0.15, -0.1) is 0 Å². The minimum Gasteiger partial charge on any atom is -0.309 e. The molecule has 0 fully saturated rings. The predicted molar refractivity (Wildman–Crippen MR) is 69.0 cm³/mol. The normalized spacial score (nSPS) is 10.5. The first-order chi connectivity index (χ1) is 7.34. The van der Waals surface area contributed by atoms with Gasteiger partial charge in [0.25, 0.3) is 0 Å². The lowest BCUT2D eigenvalue weighted by Crippen LogP contribution is -2.11. The van der Waals surface area contributed by atoms with Crippen LogP contribution in [-0.2, 0) is 13.1 Å². The highest BCUT2D eigenvalue weighted by atomic mass is 79.9. The molecule has 0 saturated carbocycles. The van der Waals surface area contributed by atoms with Crippen molar-refractivity contribution in [3.63, 3.8) is 0 Å². The van der Waals surface area contributed by atoms with Crippen molar-refractivity contribution in [1.29, 1.82) is 0 Å². The van der Waals surface area contributed by atoms with Crippen LogP contribution < -0.4 is 5.32 Å². The quantitative estimate of drug-likeness (QED) is 0.899. The zero-order valence-corrected chi connectivity index (χ0v) is 10.6. The van der Waals surface area contributed by atoms with Gasteiger partial charge in [0.15, 0.2) is 0 Å². The van der Waals surface area contributed by atoms with Crippen molar-refractivity contribution in [2.45, 2.75) is 13.1 Å². The summed E-state index contributed by atoms with van der Waals surface area (Å²) in [5.74, 6) is 0. The van der Waals surface area contributed by atoms with Crippen LogP contribution in [0.25, 0.3) is 0 Å². The van der Waals surface area contributed by atoms with E-state index in [1.54, 1.807) is 11.3 Å². The Morgan fingerprint density at radius 3 is 2.40 bits per heavy atom. The summed E-state index contributed by atoms with van der Waals surface area (Å²) in [7, 11) is 0. The molecule has 0 aliphatic rings. The first-order valence-corrected chi connectivity index (χ1v) is 6.54. The molecule has 15 heavy (non-hydrogen) atoms. The van der Waals surface area contributed by atoms with Crippen LogP contribution in [0.4, 0.5) is 0 Å². The number of hydrogen-bond acceptors (Lipinski definition) is 2. The minimum absolute atomic E-state index is 0.920. The van der Waals surface area contributed by atoms with Crippen molar-refractivity contribution >= 4 is 27.3 Å². The standard InChI is InChI=1S/C12H12BrNS/c13-12-3-1-10(2-4-12)7-14-8-11-5-6-15-9-11/h1-6,9,14H,7-8H2. The van der Waals surface area contributed by atoms with Crippen LogP contribution in [0.1, 0.15) is 11.1 Å². The molecule has 0 saturated heterocycles. The maximum absolute atomic E-state index is 3.43. The van der Waals surface area contributed by atoms with E-state index in [-0.39, 0.29) is 0 Å². The molecule has 0 aliphatic carbocycles. The van der Waals surface area contributed by atoms with Gasteiger partial charge in [0.1, 0.15) is 0 Å². The largest absolute Gasteiger partial charge is 0.309 e. The second-order valence-electron chi connectivity index (χ2n) is 3.36. The molecule has 1 heterocycles. The Kier molecular flexibility index (Phi) is 3.94. The van der Waals surface area contributed by atoms with Crippen LogP contribution in [0.15, 0.2) is 45.6 Å². The highest BCUT2D eigenvalue weighted by molar-refractivity contribution is 9.10. The van der Waals surface area contributed by atoms with E-state index in [0.717, 1.165) is 17.6 Å². The molecule has 0 bridgehead atoms. The average molecular weight is 282 g/mol. The van der Waals surface area contributed by atoms with Crippen LogP contribution in [0.3, 0.4) is 0 Å². The molecule has 1 aromatic carbocycles. The number of benzene rings is 1. The third-order valence-electron chi connectivity index (χ3n) is 2.15. The summed E-state index contributed by atoms with van der Waals surface area (Å²) < 4.78 is 1.13. The van der Waals surface area contributed by atoms with E-state index in [4.69, 9.17) is 0 Å². The number of thiophene rings is 1. The number of nitrogens with one attached hydrogen (secondary N) is 1. The van der Waals surface area contributed by atoms with E-state index in [1.807, 2.05) is 0 Å². The van der Waals surface area contributed by atoms with Gasteiger partial charge in [-0.1, -0.05) is 28.1 Å². The molecular weight excluding hydrogens is 270 g/mol. The fourth-order valence-corrected chi connectivity index (χ4v) is 2.28. The summed E-state index contributed by atoms with van der Waals surface area (Å²) in [4.78, 5) is 0. The highest BCUT2D eigenvalue weighted by Crippen LogP contribution is 2.10. The van der Waals surface area contributed by atoms with Crippen molar-refractivity contribution in [2.75, 3.05) is 0 Å². The number of halogens is 1. The van der Waals surface area contributed by atoms with Crippen molar-refractivity contribution in [2.24, 2.45) is 0 Å². The van der Waals surface area contributed by atoms with Crippen molar-refractivity contribution < 1.29 is 0 Å². The van der Waals surface area contributed by atoms with Gasteiger partial charge in [0, 0.05) is 17.6 Å².